The highest BCUT2D eigenvalue weighted by molar-refractivity contribution is 5.82. The Morgan fingerprint density at radius 3 is 2.82 bits per heavy atom. The van der Waals surface area contributed by atoms with Crippen molar-refractivity contribution in [3.05, 3.63) is 46.6 Å². The second-order valence-corrected chi connectivity index (χ2v) is 8.15. The molecule has 0 N–H and O–H groups in total. The number of pyridine rings is 1. The fraction of sp³-hybridized carbons (Fsp3) is 0.409. The van der Waals surface area contributed by atoms with E-state index in [0.717, 1.165) is 41.3 Å². The summed E-state index contributed by atoms with van der Waals surface area (Å²) in [5.74, 6) is 0. The topological polar surface area (TPSA) is 59.9 Å². The van der Waals surface area contributed by atoms with Gasteiger partial charge in [-0.3, -0.25) is 9.39 Å². The van der Waals surface area contributed by atoms with Crippen LogP contribution < -0.4 is 10.7 Å². The molecule has 6 heteroatoms. The molecule has 5 rings (SSSR count). The Balaban J connectivity index is 1.85. The van der Waals surface area contributed by atoms with Gasteiger partial charge < -0.3 is 9.80 Å². The van der Waals surface area contributed by atoms with Gasteiger partial charge in [-0.15, -0.1) is 0 Å². The van der Waals surface area contributed by atoms with Crippen molar-refractivity contribution in [2.75, 3.05) is 27.2 Å². The summed E-state index contributed by atoms with van der Waals surface area (Å²) in [6.45, 7) is 4.25. The van der Waals surface area contributed by atoms with Gasteiger partial charge in [0.1, 0.15) is 11.6 Å². The van der Waals surface area contributed by atoms with Crippen molar-refractivity contribution in [3.8, 4) is 6.07 Å². The van der Waals surface area contributed by atoms with Crippen LogP contribution in [0, 0.1) is 11.3 Å². The number of nitrogens with zero attached hydrogens (tertiary/aromatic N) is 6. The molecule has 2 aliphatic rings. The van der Waals surface area contributed by atoms with Crippen molar-refractivity contribution >= 4 is 22.4 Å². The molecule has 0 spiro atoms. The van der Waals surface area contributed by atoms with E-state index < -0.39 is 0 Å². The first-order chi connectivity index (χ1) is 13.6. The van der Waals surface area contributed by atoms with Crippen molar-refractivity contribution in [2.45, 2.75) is 31.8 Å². The van der Waals surface area contributed by atoms with E-state index in [4.69, 9.17) is 9.98 Å². The molecule has 0 radical (unpaired) electrons. The number of imidazole rings is 1. The molecule has 4 heterocycles. The largest absolute Gasteiger partial charge is 0.373 e. The minimum absolute atomic E-state index is 0.207. The zero-order valence-electron chi connectivity index (χ0n) is 16.6. The lowest BCUT2D eigenvalue weighted by Crippen LogP contribution is -2.43. The van der Waals surface area contributed by atoms with E-state index in [9.17, 15) is 5.26 Å². The second-order valence-electron chi connectivity index (χ2n) is 8.15. The third kappa shape index (κ3) is 2.50. The van der Waals surface area contributed by atoms with Crippen molar-refractivity contribution in [1.82, 2.24) is 19.2 Å². The molecule has 2 aromatic heterocycles. The van der Waals surface area contributed by atoms with Crippen molar-refractivity contribution in [3.63, 3.8) is 0 Å². The molecular formula is C22H24N6. The maximum absolute atomic E-state index is 9.82. The van der Waals surface area contributed by atoms with Gasteiger partial charge in [-0.05, 0) is 45.6 Å². The fourth-order valence-electron chi connectivity index (χ4n) is 4.59. The van der Waals surface area contributed by atoms with Crippen LogP contribution in [0.3, 0.4) is 0 Å². The van der Waals surface area contributed by atoms with Gasteiger partial charge in [0.15, 0.2) is 5.65 Å². The SMILES string of the molecule is CC1CC(N2CCC(N(C)C)C2)=c2cc(C#N)c3nc4ccccc4n3c2=N1. The van der Waals surface area contributed by atoms with Crippen LogP contribution in [0.25, 0.3) is 22.4 Å². The molecule has 0 amide bonds. The summed E-state index contributed by atoms with van der Waals surface area (Å²) in [6.07, 6.45) is 2.08. The first-order valence-electron chi connectivity index (χ1n) is 9.89. The van der Waals surface area contributed by atoms with Gasteiger partial charge in [-0.25, -0.2) is 4.98 Å². The number of benzene rings is 1. The summed E-state index contributed by atoms with van der Waals surface area (Å²) >= 11 is 0. The molecule has 1 saturated heterocycles. The highest BCUT2D eigenvalue weighted by Gasteiger charge is 2.28. The van der Waals surface area contributed by atoms with E-state index in [1.54, 1.807) is 0 Å². The normalized spacial score (nSPS) is 22.0. The number of hydrogen-bond acceptors (Lipinski definition) is 5. The van der Waals surface area contributed by atoms with Gasteiger partial charge in [0.25, 0.3) is 0 Å². The lowest BCUT2D eigenvalue weighted by atomic mass is 10.1. The zero-order chi connectivity index (χ0) is 19.4. The lowest BCUT2D eigenvalue weighted by molar-refractivity contribution is 0.296. The predicted molar refractivity (Wildman–Crippen MR) is 109 cm³/mol. The van der Waals surface area contributed by atoms with E-state index in [1.807, 2.05) is 24.3 Å². The molecule has 2 aliphatic heterocycles. The average molecular weight is 372 g/mol. The van der Waals surface area contributed by atoms with Crippen LogP contribution in [0.2, 0.25) is 0 Å². The number of aromatic nitrogens is 2. The maximum Gasteiger partial charge on any atom is 0.157 e. The number of hydrogen-bond donors (Lipinski definition) is 0. The fourth-order valence-corrected chi connectivity index (χ4v) is 4.59. The minimum Gasteiger partial charge on any atom is -0.373 e. The van der Waals surface area contributed by atoms with Crippen LogP contribution in [-0.2, 0) is 0 Å². The summed E-state index contributed by atoms with van der Waals surface area (Å²) in [5, 5.41) is 10.9. The van der Waals surface area contributed by atoms with E-state index in [0.29, 0.717) is 17.3 Å². The third-order valence-electron chi connectivity index (χ3n) is 6.08. The van der Waals surface area contributed by atoms with E-state index in [1.165, 1.54) is 12.1 Å². The third-order valence-corrected chi connectivity index (χ3v) is 6.08. The monoisotopic (exact) mass is 372 g/mol. The van der Waals surface area contributed by atoms with Gasteiger partial charge in [-0.2, -0.15) is 5.26 Å². The number of rotatable bonds is 2. The minimum atomic E-state index is 0.207. The van der Waals surface area contributed by atoms with Gasteiger partial charge in [0, 0.05) is 36.5 Å². The molecule has 28 heavy (non-hydrogen) atoms. The number of fused-ring (bicyclic) bond motifs is 5. The Hall–Kier alpha value is -2.91. The van der Waals surface area contributed by atoms with Crippen LogP contribution in [0.1, 0.15) is 25.3 Å². The predicted octanol–water partition coefficient (Wildman–Crippen LogP) is 1.52. The number of para-hydroxylation sites is 2. The summed E-state index contributed by atoms with van der Waals surface area (Å²) in [6, 6.07) is 13.2. The highest BCUT2D eigenvalue weighted by Crippen LogP contribution is 2.24. The molecule has 3 aromatic rings. The van der Waals surface area contributed by atoms with Gasteiger partial charge in [0.05, 0.1) is 22.6 Å². The smallest absolute Gasteiger partial charge is 0.157 e. The first-order valence-corrected chi connectivity index (χ1v) is 9.89. The number of nitriles is 1. The Morgan fingerprint density at radius 2 is 2.07 bits per heavy atom. The van der Waals surface area contributed by atoms with Crippen LogP contribution in [0.5, 0.6) is 0 Å². The Bertz CT molecular complexity index is 1250. The highest BCUT2D eigenvalue weighted by atomic mass is 15.2. The molecular weight excluding hydrogens is 348 g/mol. The molecule has 6 nitrogen and oxygen atoms in total. The van der Waals surface area contributed by atoms with Gasteiger partial charge in [0.2, 0.25) is 0 Å². The number of likely N-dealkylation sites (tertiary alicyclic amines) is 1. The van der Waals surface area contributed by atoms with Crippen molar-refractivity contribution in [2.24, 2.45) is 4.99 Å². The first kappa shape index (κ1) is 17.2. The van der Waals surface area contributed by atoms with Crippen LogP contribution in [0.15, 0.2) is 35.3 Å². The molecule has 0 aliphatic carbocycles. The maximum atomic E-state index is 9.82. The van der Waals surface area contributed by atoms with Crippen molar-refractivity contribution in [1.29, 1.82) is 5.26 Å². The van der Waals surface area contributed by atoms with Gasteiger partial charge in [-0.1, -0.05) is 12.1 Å². The van der Waals surface area contributed by atoms with E-state index in [-0.39, 0.29) is 6.04 Å². The molecule has 142 valence electrons. The summed E-state index contributed by atoms with van der Waals surface area (Å²) in [5.41, 5.74) is 5.47. The average Bonchev–Trinajstić information content (AvgIpc) is 3.32. The van der Waals surface area contributed by atoms with Gasteiger partial charge >= 0.3 is 0 Å². The van der Waals surface area contributed by atoms with Crippen LogP contribution in [0.4, 0.5) is 0 Å². The molecule has 0 bridgehead atoms. The quantitative estimate of drug-likeness (QED) is 0.684. The summed E-state index contributed by atoms with van der Waals surface area (Å²) < 4.78 is 2.08. The zero-order valence-corrected chi connectivity index (χ0v) is 16.6. The number of likely N-dealkylation sites (N-methyl/N-ethyl adjacent to an activating group) is 1. The Kier molecular flexibility index (Phi) is 3.88. The Morgan fingerprint density at radius 1 is 1.25 bits per heavy atom. The molecule has 1 aromatic carbocycles. The molecule has 0 saturated carbocycles. The molecule has 2 unspecified atom stereocenters. The standard InChI is InChI=1S/C22H24N6/c1-14-10-20(27-9-8-16(13-27)26(2)3)17-11-15(12-23)21-25-18-6-4-5-7-19(18)28(21)22(17)24-14/h4-7,11,14,16H,8-10,13H2,1-3H3. The summed E-state index contributed by atoms with van der Waals surface area (Å²) in [7, 11) is 4.31. The second kappa shape index (κ2) is 6.32. The van der Waals surface area contributed by atoms with E-state index in [2.05, 4.69) is 47.4 Å². The van der Waals surface area contributed by atoms with Crippen LogP contribution in [-0.4, -0.2) is 58.5 Å². The van der Waals surface area contributed by atoms with E-state index >= 15 is 0 Å². The Labute approximate surface area is 164 Å². The molecule has 2 atom stereocenters. The van der Waals surface area contributed by atoms with Crippen LogP contribution >= 0.6 is 0 Å². The van der Waals surface area contributed by atoms with Crippen molar-refractivity contribution < 1.29 is 0 Å². The molecule has 1 fully saturated rings. The summed E-state index contributed by atoms with van der Waals surface area (Å²) in [4.78, 5) is 14.5. The lowest BCUT2D eigenvalue weighted by Gasteiger charge is -2.27.